The van der Waals surface area contributed by atoms with E-state index in [1.807, 2.05) is 30.3 Å². The van der Waals surface area contributed by atoms with Gasteiger partial charge >= 0.3 is 5.97 Å². The number of rotatable bonds is 18. The fourth-order valence-electron chi connectivity index (χ4n) is 3.49. The zero-order valence-corrected chi connectivity index (χ0v) is 17.7. The molecule has 0 aliphatic rings. The van der Waals surface area contributed by atoms with E-state index in [-0.39, 0.29) is 5.97 Å². The average molecular weight is 375 g/mol. The first-order valence-corrected chi connectivity index (χ1v) is 11.6. The summed E-state index contributed by atoms with van der Waals surface area (Å²) in [4.78, 5) is 11.7. The summed E-state index contributed by atoms with van der Waals surface area (Å²) in [5, 5.41) is 0. The van der Waals surface area contributed by atoms with E-state index in [9.17, 15) is 4.79 Å². The van der Waals surface area contributed by atoms with Crippen LogP contribution in [-0.2, 0) is 4.79 Å². The standard InChI is InChI=1S/C25H42O2/c1-2-3-4-5-6-7-8-9-10-11-12-13-14-15-16-20-23-25(26)27-24-21-18-17-19-22-24/h17-19,21-22H,2-16,20,23H2,1H3. The van der Waals surface area contributed by atoms with Crippen molar-refractivity contribution in [1.82, 2.24) is 0 Å². The Morgan fingerprint density at radius 2 is 1.04 bits per heavy atom. The highest BCUT2D eigenvalue weighted by molar-refractivity contribution is 5.72. The Morgan fingerprint density at radius 3 is 1.48 bits per heavy atom. The Labute approximate surface area is 168 Å². The number of unbranched alkanes of at least 4 members (excludes halogenated alkanes) is 15. The van der Waals surface area contributed by atoms with E-state index in [0.717, 1.165) is 12.8 Å². The van der Waals surface area contributed by atoms with Crippen LogP contribution in [0.15, 0.2) is 30.3 Å². The number of para-hydroxylation sites is 1. The number of hydrogen-bond donors (Lipinski definition) is 0. The molecule has 0 aliphatic carbocycles. The molecule has 2 heteroatoms. The van der Waals surface area contributed by atoms with Crippen molar-refractivity contribution in [2.75, 3.05) is 0 Å². The summed E-state index contributed by atoms with van der Waals surface area (Å²) in [6.45, 7) is 2.28. The first-order chi connectivity index (χ1) is 13.3. The molecule has 2 nitrogen and oxygen atoms in total. The normalized spacial score (nSPS) is 10.9. The maximum atomic E-state index is 11.7. The summed E-state index contributed by atoms with van der Waals surface area (Å²) in [6, 6.07) is 9.35. The van der Waals surface area contributed by atoms with E-state index in [1.165, 1.54) is 89.9 Å². The molecular formula is C25H42O2. The molecule has 0 fully saturated rings. The molecule has 0 heterocycles. The summed E-state index contributed by atoms with van der Waals surface area (Å²) in [5.41, 5.74) is 0. The maximum Gasteiger partial charge on any atom is 0.311 e. The van der Waals surface area contributed by atoms with Gasteiger partial charge in [-0.25, -0.2) is 0 Å². The molecule has 0 radical (unpaired) electrons. The zero-order chi connectivity index (χ0) is 19.4. The van der Waals surface area contributed by atoms with E-state index in [4.69, 9.17) is 4.74 Å². The lowest BCUT2D eigenvalue weighted by molar-refractivity contribution is -0.134. The Hall–Kier alpha value is -1.31. The molecule has 0 N–H and O–H groups in total. The number of esters is 1. The smallest absolute Gasteiger partial charge is 0.311 e. The molecule has 154 valence electrons. The van der Waals surface area contributed by atoms with Gasteiger partial charge in [-0.3, -0.25) is 4.79 Å². The second-order valence-corrected chi connectivity index (χ2v) is 7.84. The quantitative estimate of drug-likeness (QED) is 0.147. The van der Waals surface area contributed by atoms with Crippen molar-refractivity contribution in [3.05, 3.63) is 30.3 Å². The average Bonchev–Trinajstić information content (AvgIpc) is 2.68. The Kier molecular flexibility index (Phi) is 15.9. The predicted octanol–water partition coefficient (Wildman–Crippen LogP) is 8.24. The number of hydrogen-bond acceptors (Lipinski definition) is 2. The van der Waals surface area contributed by atoms with Crippen LogP contribution < -0.4 is 4.74 Å². The Morgan fingerprint density at radius 1 is 0.630 bits per heavy atom. The molecule has 1 aromatic carbocycles. The third kappa shape index (κ3) is 15.4. The molecule has 0 saturated heterocycles. The van der Waals surface area contributed by atoms with Crippen LogP contribution in [0.2, 0.25) is 0 Å². The highest BCUT2D eigenvalue weighted by Crippen LogP contribution is 2.15. The number of carbonyl (C=O) groups is 1. The molecule has 0 saturated carbocycles. The lowest BCUT2D eigenvalue weighted by Crippen LogP contribution is -2.07. The zero-order valence-electron chi connectivity index (χ0n) is 17.7. The van der Waals surface area contributed by atoms with Crippen LogP contribution in [0.4, 0.5) is 0 Å². The Balaban J connectivity index is 1.76. The van der Waals surface area contributed by atoms with Gasteiger partial charge in [0, 0.05) is 6.42 Å². The minimum Gasteiger partial charge on any atom is -0.427 e. The number of benzene rings is 1. The van der Waals surface area contributed by atoms with Gasteiger partial charge in [-0.05, 0) is 18.6 Å². The molecule has 0 aliphatic heterocycles. The number of carbonyl (C=O) groups excluding carboxylic acids is 1. The van der Waals surface area contributed by atoms with Crippen LogP contribution in [0.1, 0.15) is 116 Å². The summed E-state index contributed by atoms with van der Waals surface area (Å²) in [6.07, 6.45) is 22.1. The second kappa shape index (κ2) is 18.1. The van der Waals surface area contributed by atoms with Crippen LogP contribution in [-0.4, -0.2) is 5.97 Å². The lowest BCUT2D eigenvalue weighted by atomic mass is 10.0. The highest BCUT2D eigenvalue weighted by atomic mass is 16.5. The summed E-state index contributed by atoms with van der Waals surface area (Å²) in [5.74, 6) is 0.547. The van der Waals surface area contributed by atoms with E-state index in [0.29, 0.717) is 12.2 Å². The van der Waals surface area contributed by atoms with Gasteiger partial charge in [0.1, 0.15) is 5.75 Å². The van der Waals surface area contributed by atoms with Crippen molar-refractivity contribution < 1.29 is 9.53 Å². The molecule has 27 heavy (non-hydrogen) atoms. The molecule has 0 unspecified atom stereocenters. The van der Waals surface area contributed by atoms with Crippen molar-refractivity contribution in [2.45, 2.75) is 116 Å². The third-order valence-electron chi connectivity index (χ3n) is 5.21. The maximum absolute atomic E-state index is 11.7. The van der Waals surface area contributed by atoms with E-state index in [1.54, 1.807) is 0 Å². The van der Waals surface area contributed by atoms with E-state index >= 15 is 0 Å². The van der Waals surface area contributed by atoms with Gasteiger partial charge in [0.2, 0.25) is 0 Å². The van der Waals surface area contributed by atoms with Crippen molar-refractivity contribution >= 4 is 5.97 Å². The van der Waals surface area contributed by atoms with Crippen LogP contribution in [0.25, 0.3) is 0 Å². The molecule has 1 rings (SSSR count). The second-order valence-electron chi connectivity index (χ2n) is 7.84. The van der Waals surface area contributed by atoms with Crippen molar-refractivity contribution in [2.24, 2.45) is 0 Å². The van der Waals surface area contributed by atoms with Gasteiger partial charge in [0.15, 0.2) is 0 Å². The topological polar surface area (TPSA) is 26.3 Å². The minimum atomic E-state index is -0.105. The Bertz CT molecular complexity index is 441. The summed E-state index contributed by atoms with van der Waals surface area (Å²) < 4.78 is 5.30. The fourth-order valence-corrected chi connectivity index (χ4v) is 3.49. The molecular weight excluding hydrogens is 332 g/mol. The van der Waals surface area contributed by atoms with E-state index in [2.05, 4.69) is 6.92 Å². The highest BCUT2D eigenvalue weighted by Gasteiger charge is 2.03. The van der Waals surface area contributed by atoms with Gasteiger partial charge < -0.3 is 4.74 Å². The van der Waals surface area contributed by atoms with Gasteiger partial charge in [-0.15, -0.1) is 0 Å². The molecule has 1 aromatic rings. The van der Waals surface area contributed by atoms with Crippen LogP contribution in [0, 0.1) is 0 Å². The van der Waals surface area contributed by atoms with Crippen LogP contribution in [0.3, 0.4) is 0 Å². The molecule has 0 bridgehead atoms. The van der Waals surface area contributed by atoms with Crippen LogP contribution >= 0.6 is 0 Å². The van der Waals surface area contributed by atoms with Gasteiger partial charge in [-0.2, -0.15) is 0 Å². The molecule has 0 amide bonds. The number of ether oxygens (including phenoxy) is 1. The van der Waals surface area contributed by atoms with Gasteiger partial charge in [0.25, 0.3) is 0 Å². The van der Waals surface area contributed by atoms with Gasteiger partial charge in [0.05, 0.1) is 0 Å². The molecule has 0 atom stereocenters. The van der Waals surface area contributed by atoms with Crippen LogP contribution in [0.5, 0.6) is 5.75 Å². The third-order valence-corrected chi connectivity index (χ3v) is 5.21. The monoisotopic (exact) mass is 374 g/mol. The van der Waals surface area contributed by atoms with Gasteiger partial charge in [-0.1, -0.05) is 121 Å². The van der Waals surface area contributed by atoms with Crippen molar-refractivity contribution in [3.8, 4) is 5.75 Å². The lowest BCUT2D eigenvalue weighted by Gasteiger charge is -2.04. The summed E-state index contributed by atoms with van der Waals surface area (Å²) >= 11 is 0. The predicted molar refractivity (Wildman–Crippen MR) is 116 cm³/mol. The SMILES string of the molecule is CCCCCCCCCCCCCCCCCCC(=O)Oc1ccccc1. The van der Waals surface area contributed by atoms with E-state index < -0.39 is 0 Å². The molecule has 0 aromatic heterocycles. The minimum absolute atomic E-state index is 0.105. The fraction of sp³-hybridized carbons (Fsp3) is 0.720. The van der Waals surface area contributed by atoms with Crippen molar-refractivity contribution in [3.63, 3.8) is 0 Å². The first-order valence-electron chi connectivity index (χ1n) is 11.6. The molecule has 0 spiro atoms. The van der Waals surface area contributed by atoms with Crippen molar-refractivity contribution in [1.29, 1.82) is 0 Å². The first kappa shape index (κ1) is 23.7. The largest absolute Gasteiger partial charge is 0.427 e. The summed E-state index contributed by atoms with van der Waals surface area (Å²) in [7, 11) is 0.